The van der Waals surface area contributed by atoms with Crippen molar-refractivity contribution in [2.24, 2.45) is 0 Å². The van der Waals surface area contributed by atoms with Crippen molar-refractivity contribution < 1.29 is 19.1 Å². The number of benzene rings is 1. The summed E-state index contributed by atoms with van der Waals surface area (Å²) in [6.45, 7) is 6.88. The van der Waals surface area contributed by atoms with Crippen LogP contribution in [0.15, 0.2) is 42.5 Å². The molecule has 0 aromatic heterocycles. The Labute approximate surface area is 161 Å². The number of nitrogens with zero attached hydrogens (tertiary/aromatic N) is 2. The molecule has 6 nitrogen and oxygen atoms in total. The minimum Gasteiger partial charge on any atom is -0.467 e. The summed E-state index contributed by atoms with van der Waals surface area (Å²) in [7, 11) is 1.31. The molecule has 0 saturated carbocycles. The van der Waals surface area contributed by atoms with E-state index in [1.807, 2.05) is 32.0 Å². The van der Waals surface area contributed by atoms with Gasteiger partial charge in [0, 0.05) is 25.2 Å². The first-order valence-electron chi connectivity index (χ1n) is 9.36. The first-order chi connectivity index (χ1) is 13.0. The predicted octanol–water partition coefficient (Wildman–Crippen LogP) is 3.18. The Morgan fingerprint density at radius 3 is 2.30 bits per heavy atom. The number of para-hydroxylation sites is 1. The summed E-state index contributed by atoms with van der Waals surface area (Å²) in [5, 5.41) is 0. The number of carbonyl (C=O) groups excluding carboxylic acids is 3. The fraction of sp³-hybridized carbons (Fsp3) is 0.476. The Hall–Kier alpha value is -2.63. The highest BCUT2D eigenvalue weighted by molar-refractivity contribution is 5.99. The monoisotopic (exact) mass is 374 g/mol. The van der Waals surface area contributed by atoms with E-state index in [0.29, 0.717) is 31.6 Å². The van der Waals surface area contributed by atoms with Crippen molar-refractivity contribution >= 4 is 23.5 Å². The quantitative estimate of drug-likeness (QED) is 0.358. The van der Waals surface area contributed by atoms with Gasteiger partial charge < -0.3 is 9.64 Å². The molecule has 0 heterocycles. The molecule has 0 spiro atoms. The lowest BCUT2D eigenvalue weighted by Gasteiger charge is -2.27. The van der Waals surface area contributed by atoms with Crippen LogP contribution in [0.1, 0.15) is 40.0 Å². The highest BCUT2D eigenvalue weighted by Crippen LogP contribution is 2.19. The number of methoxy groups -OCH3 is 1. The molecule has 148 valence electrons. The molecule has 1 unspecified atom stereocenters. The average Bonchev–Trinajstić information content (AvgIpc) is 2.68. The Kier molecular flexibility index (Phi) is 9.86. The van der Waals surface area contributed by atoms with Crippen molar-refractivity contribution in [1.29, 1.82) is 0 Å². The molecule has 0 fully saturated rings. The maximum Gasteiger partial charge on any atom is 0.328 e. The van der Waals surface area contributed by atoms with Crippen molar-refractivity contribution in [3.05, 3.63) is 42.5 Å². The molecule has 2 amide bonds. The standard InChI is InChI=1S/C21H30N2O4/c1-5-22(6-2)19(24)15-11-8-12-16-20(25)23(17(3)21(26)27-4)18-13-9-7-10-14-18/h7,9-11,13-15,17H,5-6,8,12,16H2,1-4H3/b15-11-. The van der Waals surface area contributed by atoms with Crippen molar-refractivity contribution in [3.63, 3.8) is 0 Å². The number of unbranched alkanes of at least 4 members (excludes halogenated alkanes) is 1. The summed E-state index contributed by atoms with van der Waals surface area (Å²) in [5.41, 5.74) is 0.660. The summed E-state index contributed by atoms with van der Waals surface area (Å²) in [4.78, 5) is 39.8. The van der Waals surface area contributed by atoms with Gasteiger partial charge in [-0.2, -0.15) is 0 Å². The number of ether oxygens (including phenoxy) is 1. The van der Waals surface area contributed by atoms with E-state index in [0.717, 1.165) is 0 Å². The molecular formula is C21H30N2O4. The van der Waals surface area contributed by atoms with Crippen LogP contribution in [0.5, 0.6) is 0 Å². The van der Waals surface area contributed by atoms with E-state index in [2.05, 4.69) is 0 Å². The molecule has 6 heteroatoms. The van der Waals surface area contributed by atoms with E-state index in [4.69, 9.17) is 4.74 Å². The number of amides is 2. The third-order valence-electron chi connectivity index (χ3n) is 4.33. The second-order valence-electron chi connectivity index (χ2n) is 6.10. The number of hydrogen-bond donors (Lipinski definition) is 0. The van der Waals surface area contributed by atoms with Gasteiger partial charge in [0.15, 0.2) is 0 Å². The zero-order chi connectivity index (χ0) is 20.2. The molecule has 0 aliphatic rings. The lowest BCUT2D eigenvalue weighted by Crippen LogP contribution is -2.44. The smallest absolute Gasteiger partial charge is 0.328 e. The zero-order valence-corrected chi connectivity index (χ0v) is 16.7. The number of likely N-dealkylation sites (N-methyl/N-ethyl adjacent to an activating group) is 1. The highest BCUT2D eigenvalue weighted by Gasteiger charge is 2.27. The summed E-state index contributed by atoms with van der Waals surface area (Å²) >= 11 is 0. The molecule has 0 aliphatic carbocycles. The van der Waals surface area contributed by atoms with Crippen LogP contribution in [0.25, 0.3) is 0 Å². The highest BCUT2D eigenvalue weighted by atomic mass is 16.5. The number of anilines is 1. The zero-order valence-electron chi connectivity index (χ0n) is 16.7. The summed E-state index contributed by atoms with van der Waals surface area (Å²) < 4.78 is 4.79. The van der Waals surface area contributed by atoms with Gasteiger partial charge in [-0.15, -0.1) is 0 Å². The molecule has 0 saturated heterocycles. The molecule has 1 aromatic carbocycles. The van der Waals surface area contributed by atoms with Crippen molar-refractivity contribution in [1.82, 2.24) is 4.90 Å². The summed E-state index contributed by atoms with van der Waals surface area (Å²) in [5.74, 6) is -0.629. The fourth-order valence-corrected chi connectivity index (χ4v) is 2.76. The van der Waals surface area contributed by atoms with Crippen LogP contribution in [0.4, 0.5) is 5.69 Å². The number of esters is 1. The van der Waals surface area contributed by atoms with Crippen LogP contribution in [-0.2, 0) is 19.1 Å². The molecule has 0 aliphatic heterocycles. The van der Waals surface area contributed by atoms with Gasteiger partial charge in [-0.25, -0.2) is 4.79 Å². The van der Waals surface area contributed by atoms with Crippen LogP contribution >= 0.6 is 0 Å². The number of rotatable bonds is 10. The minimum absolute atomic E-state index is 0.0171. The van der Waals surface area contributed by atoms with Gasteiger partial charge in [-0.3, -0.25) is 14.5 Å². The largest absolute Gasteiger partial charge is 0.467 e. The Morgan fingerprint density at radius 2 is 1.74 bits per heavy atom. The number of carbonyl (C=O) groups is 3. The van der Waals surface area contributed by atoms with Crippen LogP contribution in [0.2, 0.25) is 0 Å². The van der Waals surface area contributed by atoms with Crippen LogP contribution < -0.4 is 4.90 Å². The topological polar surface area (TPSA) is 66.9 Å². The molecule has 1 atom stereocenters. The first kappa shape index (κ1) is 22.4. The maximum atomic E-state index is 12.7. The third-order valence-corrected chi connectivity index (χ3v) is 4.33. The van der Waals surface area contributed by atoms with Crippen LogP contribution in [0.3, 0.4) is 0 Å². The van der Waals surface area contributed by atoms with Crippen molar-refractivity contribution in [2.45, 2.75) is 46.1 Å². The Balaban J connectivity index is 2.67. The van der Waals surface area contributed by atoms with Gasteiger partial charge in [-0.1, -0.05) is 24.3 Å². The fourth-order valence-electron chi connectivity index (χ4n) is 2.76. The van der Waals surface area contributed by atoms with Gasteiger partial charge in [0.25, 0.3) is 0 Å². The van der Waals surface area contributed by atoms with E-state index in [1.54, 1.807) is 36.1 Å². The van der Waals surface area contributed by atoms with Gasteiger partial charge in [-0.05, 0) is 51.8 Å². The molecule has 0 radical (unpaired) electrons. The maximum absolute atomic E-state index is 12.7. The SMILES string of the molecule is CCN(CC)C(=O)/C=C\CCCC(=O)N(c1ccccc1)C(C)C(=O)OC. The van der Waals surface area contributed by atoms with Crippen LogP contribution in [0, 0.1) is 0 Å². The Bertz CT molecular complexity index is 639. The lowest BCUT2D eigenvalue weighted by atomic mass is 10.1. The first-order valence-corrected chi connectivity index (χ1v) is 9.36. The second-order valence-corrected chi connectivity index (χ2v) is 6.10. The molecule has 1 rings (SSSR count). The van der Waals surface area contributed by atoms with Crippen molar-refractivity contribution in [2.75, 3.05) is 25.1 Å². The molecule has 0 bridgehead atoms. The minimum atomic E-state index is -0.704. The van der Waals surface area contributed by atoms with Gasteiger partial charge in [0.2, 0.25) is 11.8 Å². The van der Waals surface area contributed by atoms with E-state index in [-0.39, 0.29) is 18.2 Å². The van der Waals surface area contributed by atoms with E-state index in [1.165, 1.54) is 12.0 Å². The van der Waals surface area contributed by atoms with Crippen LogP contribution in [-0.4, -0.2) is 48.9 Å². The molecule has 0 N–H and O–H groups in total. The van der Waals surface area contributed by atoms with Gasteiger partial charge >= 0.3 is 5.97 Å². The molecule has 27 heavy (non-hydrogen) atoms. The molecular weight excluding hydrogens is 344 g/mol. The van der Waals surface area contributed by atoms with Crippen molar-refractivity contribution in [3.8, 4) is 0 Å². The van der Waals surface area contributed by atoms with Gasteiger partial charge in [0.1, 0.15) is 6.04 Å². The average molecular weight is 374 g/mol. The lowest BCUT2D eigenvalue weighted by molar-refractivity contribution is -0.143. The third kappa shape index (κ3) is 6.89. The summed E-state index contributed by atoms with van der Waals surface area (Å²) in [6.07, 6.45) is 4.85. The predicted molar refractivity (Wildman–Crippen MR) is 106 cm³/mol. The molecule has 1 aromatic rings. The van der Waals surface area contributed by atoms with E-state index in [9.17, 15) is 14.4 Å². The Morgan fingerprint density at radius 1 is 1.11 bits per heavy atom. The second kappa shape index (κ2) is 11.9. The number of hydrogen-bond acceptors (Lipinski definition) is 4. The number of allylic oxidation sites excluding steroid dienone is 1. The van der Waals surface area contributed by atoms with E-state index >= 15 is 0 Å². The summed E-state index contributed by atoms with van der Waals surface area (Å²) in [6, 6.07) is 8.37. The van der Waals surface area contributed by atoms with Gasteiger partial charge in [0.05, 0.1) is 7.11 Å². The van der Waals surface area contributed by atoms with E-state index < -0.39 is 12.0 Å². The normalized spacial score (nSPS) is 11.9.